The summed E-state index contributed by atoms with van der Waals surface area (Å²) in [5.41, 5.74) is 3.47. The van der Waals surface area contributed by atoms with E-state index in [0.717, 1.165) is 0 Å². The number of carbonyl (C=O) groups is 1. The van der Waals surface area contributed by atoms with E-state index in [0.29, 0.717) is 22.3 Å². The molecule has 8 nitrogen and oxygen atoms in total. The van der Waals surface area contributed by atoms with E-state index in [2.05, 4.69) is 26.5 Å². The summed E-state index contributed by atoms with van der Waals surface area (Å²) in [5, 5.41) is 24.7. The third-order valence-electron chi connectivity index (χ3n) is 3.07. The van der Waals surface area contributed by atoms with Crippen LogP contribution in [0, 0.1) is 10.1 Å². The second kappa shape index (κ2) is 8.25. The molecule has 0 aliphatic heterocycles. The van der Waals surface area contributed by atoms with E-state index in [1.807, 2.05) is 0 Å². The molecule has 130 valence electrons. The van der Waals surface area contributed by atoms with E-state index in [1.165, 1.54) is 18.3 Å². The van der Waals surface area contributed by atoms with Crippen LogP contribution in [0.2, 0.25) is 0 Å². The van der Waals surface area contributed by atoms with Crippen molar-refractivity contribution in [3.05, 3.63) is 62.1 Å². The number of esters is 1. The number of carbonyl (C=O) groups excluding carboxylic acids is 1. The molecular formula is C16H14BrN3O5. The second-order valence-corrected chi connectivity index (χ2v) is 5.70. The number of aromatic hydroxyl groups is 1. The van der Waals surface area contributed by atoms with Gasteiger partial charge in [0.1, 0.15) is 0 Å². The number of phenols is 1. The number of hydrogen-bond acceptors (Lipinski definition) is 7. The highest BCUT2D eigenvalue weighted by atomic mass is 79.9. The van der Waals surface area contributed by atoms with Gasteiger partial charge >= 0.3 is 11.7 Å². The minimum Gasteiger partial charge on any atom is -0.502 e. The number of anilines is 1. The topological polar surface area (TPSA) is 114 Å². The lowest BCUT2D eigenvalue weighted by Crippen LogP contribution is -2.04. The van der Waals surface area contributed by atoms with Crippen LogP contribution in [-0.4, -0.2) is 28.8 Å². The molecule has 0 aliphatic carbocycles. The number of phenolic OH excluding ortho intramolecular Hbond substituents is 1. The number of benzene rings is 2. The molecule has 0 heterocycles. The maximum atomic E-state index is 11.6. The third kappa shape index (κ3) is 4.77. The number of nitrogens with one attached hydrogen (secondary N) is 1. The first-order valence-corrected chi connectivity index (χ1v) is 7.94. The molecule has 0 aliphatic rings. The summed E-state index contributed by atoms with van der Waals surface area (Å²) in [6.45, 7) is 2.02. The largest absolute Gasteiger partial charge is 0.502 e. The van der Waals surface area contributed by atoms with E-state index >= 15 is 0 Å². The fraction of sp³-hybridized carbons (Fsp3) is 0.125. The molecule has 0 spiro atoms. The van der Waals surface area contributed by atoms with Gasteiger partial charge in [0.25, 0.3) is 0 Å². The summed E-state index contributed by atoms with van der Waals surface area (Å²) in [7, 11) is 0. The number of hydrazone groups is 1. The smallest absolute Gasteiger partial charge is 0.338 e. The number of nitro benzene ring substituents is 1. The molecule has 2 N–H and O–H groups in total. The average molecular weight is 408 g/mol. The van der Waals surface area contributed by atoms with Gasteiger partial charge in [0.05, 0.1) is 29.0 Å². The van der Waals surface area contributed by atoms with E-state index in [9.17, 15) is 20.0 Å². The maximum Gasteiger partial charge on any atom is 0.338 e. The second-order valence-electron chi connectivity index (χ2n) is 4.79. The lowest BCUT2D eigenvalue weighted by atomic mass is 10.2. The highest BCUT2D eigenvalue weighted by Gasteiger charge is 2.17. The standard InChI is InChI=1S/C16H14BrN3O5/c1-2-25-16(22)10-3-5-13(6-4-10)19-18-9-11-7-12(17)8-14(15(11)21)20(23)24/h3-9,19,21H,2H2,1H3. The zero-order chi connectivity index (χ0) is 18.4. The Kier molecular flexibility index (Phi) is 6.07. The van der Waals surface area contributed by atoms with E-state index in [1.54, 1.807) is 31.2 Å². The van der Waals surface area contributed by atoms with Gasteiger partial charge in [-0.15, -0.1) is 0 Å². The number of halogens is 1. The lowest BCUT2D eigenvalue weighted by Gasteiger charge is -2.04. The van der Waals surface area contributed by atoms with Crippen molar-refractivity contribution in [2.45, 2.75) is 6.92 Å². The van der Waals surface area contributed by atoms with Gasteiger partial charge in [-0.25, -0.2) is 4.79 Å². The Labute approximate surface area is 151 Å². The molecular weight excluding hydrogens is 394 g/mol. The van der Waals surface area contributed by atoms with Crippen LogP contribution in [0.3, 0.4) is 0 Å². The Morgan fingerprint density at radius 3 is 2.68 bits per heavy atom. The van der Waals surface area contributed by atoms with Crippen LogP contribution in [0.25, 0.3) is 0 Å². The van der Waals surface area contributed by atoms with Crippen LogP contribution in [0.4, 0.5) is 11.4 Å². The average Bonchev–Trinajstić information content (AvgIpc) is 2.58. The van der Waals surface area contributed by atoms with Gasteiger partial charge in [-0.3, -0.25) is 15.5 Å². The highest BCUT2D eigenvalue weighted by Crippen LogP contribution is 2.32. The van der Waals surface area contributed by atoms with Crippen LogP contribution >= 0.6 is 15.9 Å². The van der Waals surface area contributed by atoms with Crippen LogP contribution < -0.4 is 5.43 Å². The van der Waals surface area contributed by atoms with Crippen molar-refractivity contribution in [3.8, 4) is 5.75 Å². The van der Waals surface area contributed by atoms with Gasteiger partial charge < -0.3 is 9.84 Å². The number of rotatable bonds is 6. The number of hydrogen-bond donors (Lipinski definition) is 2. The van der Waals surface area contributed by atoms with Crippen LogP contribution in [-0.2, 0) is 4.74 Å². The van der Waals surface area contributed by atoms with Crippen molar-refractivity contribution in [1.29, 1.82) is 0 Å². The Hall–Kier alpha value is -2.94. The van der Waals surface area contributed by atoms with Crippen LogP contribution in [0.1, 0.15) is 22.8 Å². The summed E-state index contributed by atoms with van der Waals surface area (Å²) in [6.07, 6.45) is 1.26. The fourth-order valence-electron chi connectivity index (χ4n) is 1.91. The zero-order valence-corrected chi connectivity index (χ0v) is 14.7. The number of ether oxygens (including phenoxy) is 1. The van der Waals surface area contributed by atoms with Gasteiger partial charge in [0, 0.05) is 16.1 Å². The van der Waals surface area contributed by atoms with Crippen molar-refractivity contribution in [2.75, 3.05) is 12.0 Å². The van der Waals surface area contributed by atoms with Gasteiger partial charge in [0.15, 0.2) is 0 Å². The third-order valence-corrected chi connectivity index (χ3v) is 3.53. The summed E-state index contributed by atoms with van der Waals surface area (Å²) in [5.74, 6) is -0.889. The molecule has 0 unspecified atom stereocenters. The Morgan fingerprint density at radius 2 is 2.08 bits per heavy atom. The van der Waals surface area contributed by atoms with Crippen molar-refractivity contribution in [3.63, 3.8) is 0 Å². The summed E-state index contributed by atoms with van der Waals surface area (Å²) in [6, 6.07) is 9.12. The minimum absolute atomic E-state index is 0.178. The van der Waals surface area contributed by atoms with Crippen molar-refractivity contribution in [2.24, 2.45) is 5.10 Å². The molecule has 2 aromatic rings. The normalized spacial score (nSPS) is 10.6. The molecule has 0 saturated carbocycles. The van der Waals surface area contributed by atoms with Crippen LogP contribution in [0.5, 0.6) is 5.75 Å². The Bertz CT molecular complexity index is 821. The molecule has 9 heteroatoms. The Balaban J connectivity index is 2.11. The Morgan fingerprint density at radius 1 is 1.40 bits per heavy atom. The monoisotopic (exact) mass is 407 g/mol. The lowest BCUT2D eigenvalue weighted by molar-refractivity contribution is -0.385. The summed E-state index contributed by atoms with van der Waals surface area (Å²) < 4.78 is 5.33. The first-order chi connectivity index (χ1) is 11.9. The van der Waals surface area contributed by atoms with Gasteiger partial charge in [-0.1, -0.05) is 15.9 Å². The SMILES string of the molecule is CCOC(=O)c1ccc(NN=Cc2cc(Br)cc([N+](=O)[O-])c2O)cc1. The van der Waals surface area contributed by atoms with Crippen molar-refractivity contribution >= 4 is 39.5 Å². The van der Waals surface area contributed by atoms with Crippen LogP contribution in [0.15, 0.2) is 46.0 Å². The molecule has 0 aromatic heterocycles. The number of nitrogens with zero attached hydrogens (tertiary/aromatic N) is 2. The molecule has 0 atom stereocenters. The molecule has 0 bridgehead atoms. The first-order valence-electron chi connectivity index (χ1n) is 7.15. The summed E-state index contributed by atoms with van der Waals surface area (Å²) in [4.78, 5) is 21.8. The van der Waals surface area contributed by atoms with Crippen molar-refractivity contribution < 1.29 is 19.6 Å². The number of nitro groups is 1. The van der Waals surface area contributed by atoms with E-state index in [-0.39, 0.29) is 5.56 Å². The van der Waals surface area contributed by atoms with E-state index in [4.69, 9.17) is 4.74 Å². The van der Waals surface area contributed by atoms with Crippen molar-refractivity contribution in [1.82, 2.24) is 0 Å². The quantitative estimate of drug-likeness (QED) is 0.326. The molecule has 2 aromatic carbocycles. The minimum atomic E-state index is -0.682. The molecule has 0 saturated heterocycles. The molecule has 0 radical (unpaired) electrons. The fourth-order valence-corrected chi connectivity index (χ4v) is 2.38. The maximum absolute atomic E-state index is 11.6. The molecule has 0 amide bonds. The van der Waals surface area contributed by atoms with Gasteiger partial charge in [-0.2, -0.15) is 5.10 Å². The molecule has 25 heavy (non-hydrogen) atoms. The van der Waals surface area contributed by atoms with Gasteiger partial charge in [0.2, 0.25) is 5.75 Å². The van der Waals surface area contributed by atoms with Gasteiger partial charge in [-0.05, 0) is 37.3 Å². The highest BCUT2D eigenvalue weighted by molar-refractivity contribution is 9.10. The molecule has 0 fully saturated rings. The molecule has 2 rings (SSSR count). The predicted molar refractivity (Wildman–Crippen MR) is 96.1 cm³/mol. The zero-order valence-electron chi connectivity index (χ0n) is 13.1. The van der Waals surface area contributed by atoms with E-state index < -0.39 is 22.3 Å². The predicted octanol–water partition coefficient (Wildman–Crippen LogP) is 3.69. The summed E-state index contributed by atoms with van der Waals surface area (Å²) >= 11 is 3.15. The first kappa shape index (κ1) is 18.4.